The van der Waals surface area contributed by atoms with Crippen LogP contribution in [0.4, 0.5) is 4.79 Å². The molecule has 1 N–H and O–H groups in total. The number of amides is 4. The van der Waals surface area contributed by atoms with Gasteiger partial charge in [-0.3, -0.25) is 19.3 Å². The van der Waals surface area contributed by atoms with E-state index in [9.17, 15) is 19.2 Å². The van der Waals surface area contributed by atoms with Crippen molar-refractivity contribution in [2.45, 2.75) is 18.4 Å². The summed E-state index contributed by atoms with van der Waals surface area (Å²) in [5, 5.41) is 2.39. The standard InChI is InChI=1S/C17H17N3O5/c21-12-7-17(25-13-4-2-1-3-11(12)13)5-6-19(10-17)15(23)9-20-14(22)8-18-16(20)24/h1-4H,5-10H2,(H,18,24). The Bertz CT molecular complexity index is 776. The van der Waals surface area contributed by atoms with Crippen molar-refractivity contribution >= 4 is 23.6 Å². The number of nitrogens with one attached hydrogen (secondary N) is 1. The van der Waals surface area contributed by atoms with E-state index in [0.29, 0.717) is 24.3 Å². The Hall–Kier alpha value is -2.90. The van der Waals surface area contributed by atoms with E-state index >= 15 is 0 Å². The van der Waals surface area contributed by atoms with Gasteiger partial charge in [0.15, 0.2) is 5.78 Å². The predicted octanol–water partition coefficient (Wildman–Crippen LogP) is 0.175. The maximum absolute atomic E-state index is 12.5. The molecule has 8 heteroatoms. The average Bonchev–Trinajstić information content (AvgIpc) is 3.13. The van der Waals surface area contributed by atoms with Crippen molar-refractivity contribution in [3.05, 3.63) is 29.8 Å². The number of ketones is 1. The Morgan fingerprint density at radius 2 is 2.04 bits per heavy atom. The van der Waals surface area contributed by atoms with Crippen LogP contribution in [0.2, 0.25) is 0 Å². The zero-order valence-electron chi connectivity index (χ0n) is 13.5. The molecule has 0 aliphatic carbocycles. The van der Waals surface area contributed by atoms with Crippen LogP contribution < -0.4 is 10.1 Å². The second kappa shape index (κ2) is 5.58. The smallest absolute Gasteiger partial charge is 0.325 e. The number of fused-ring (bicyclic) bond motifs is 1. The summed E-state index contributed by atoms with van der Waals surface area (Å²) in [5.41, 5.74) is -0.157. The predicted molar refractivity (Wildman–Crippen MR) is 85.1 cm³/mol. The van der Waals surface area contributed by atoms with Crippen LogP contribution in [0.5, 0.6) is 5.75 Å². The zero-order valence-corrected chi connectivity index (χ0v) is 13.5. The minimum Gasteiger partial charge on any atom is -0.484 e. The van der Waals surface area contributed by atoms with Gasteiger partial charge in [-0.15, -0.1) is 0 Å². The Morgan fingerprint density at radius 3 is 2.80 bits per heavy atom. The zero-order chi connectivity index (χ0) is 17.6. The summed E-state index contributed by atoms with van der Waals surface area (Å²) < 4.78 is 6.07. The summed E-state index contributed by atoms with van der Waals surface area (Å²) in [7, 11) is 0. The van der Waals surface area contributed by atoms with Crippen molar-refractivity contribution in [1.29, 1.82) is 0 Å². The summed E-state index contributed by atoms with van der Waals surface area (Å²) >= 11 is 0. The molecule has 1 unspecified atom stereocenters. The molecule has 25 heavy (non-hydrogen) atoms. The van der Waals surface area contributed by atoms with Crippen LogP contribution in [-0.2, 0) is 9.59 Å². The van der Waals surface area contributed by atoms with E-state index in [1.54, 1.807) is 29.2 Å². The van der Waals surface area contributed by atoms with Gasteiger partial charge >= 0.3 is 6.03 Å². The maximum Gasteiger partial charge on any atom is 0.325 e. The minimum absolute atomic E-state index is 0.00486. The molecule has 8 nitrogen and oxygen atoms in total. The largest absolute Gasteiger partial charge is 0.484 e. The second-order valence-corrected chi connectivity index (χ2v) is 6.59. The van der Waals surface area contributed by atoms with Gasteiger partial charge in [0.1, 0.15) is 17.9 Å². The molecule has 0 aromatic heterocycles. The molecule has 1 spiro atoms. The van der Waals surface area contributed by atoms with Crippen molar-refractivity contribution in [2.24, 2.45) is 0 Å². The summed E-state index contributed by atoms with van der Waals surface area (Å²) in [6.45, 7) is 0.337. The normalized spacial score (nSPS) is 25.2. The van der Waals surface area contributed by atoms with E-state index in [2.05, 4.69) is 5.32 Å². The first-order chi connectivity index (χ1) is 12.0. The molecule has 0 saturated carbocycles. The number of nitrogens with zero attached hydrogens (tertiary/aromatic N) is 2. The van der Waals surface area contributed by atoms with Gasteiger partial charge in [-0.1, -0.05) is 12.1 Å². The molecule has 0 radical (unpaired) electrons. The number of hydrogen-bond donors (Lipinski definition) is 1. The molecule has 2 fully saturated rings. The third-order valence-electron chi connectivity index (χ3n) is 4.90. The third kappa shape index (κ3) is 2.63. The summed E-state index contributed by atoms with van der Waals surface area (Å²) in [5.74, 6) is -0.185. The number of carbonyl (C=O) groups excluding carboxylic acids is 4. The van der Waals surface area contributed by atoms with E-state index in [0.717, 1.165) is 4.90 Å². The van der Waals surface area contributed by atoms with Crippen LogP contribution in [0, 0.1) is 0 Å². The van der Waals surface area contributed by atoms with Crippen LogP contribution in [-0.4, -0.2) is 65.2 Å². The van der Waals surface area contributed by atoms with Crippen molar-refractivity contribution in [2.75, 3.05) is 26.2 Å². The van der Waals surface area contributed by atoms with E-state index in [1.165, 1.54) is 0 Å². The SMILES string of the molecule is O=C1CC2(CCN(C(=O)CN3C(=O)CNC3=O)C2)Oc2ccccc21. The summed E-state index contributed by atoms with van der Waals surface area (Å²) in [6.07, 6.45) is 0.760. The Labute approximate surface area is 143 Å². The van der Waals surface area contributed by atoms with Gasteiger partial charge in [0.2, 0.25) is 5.91 Å². The molecule has 3 aliphatic heterocycles. The highest BCUT2D eigenvalue weighted by Crippen LogP contribution is 2.38. The fourth-order valence-corrected chi connectivity index (χ4v) is 3.58. The molecule has 4 amide bonds. The van der Waals surface area contributed by atoms with Crippen LogP contribution >= 0.6 is 0 Å². The number of carbonyl (C=O) groups is 4. The Balaban J connectivity index is 1.46. The molecule has 0 bridgehead atoms. The molecule has 3 aliphatic rings. The lowest BCUT2D eigenvalue weighted by atomic mass is 9.89. The monoisotopic (exact) mass is 343 g/mol. The topological polar surface area (TPSA) is 96.0 Å². The third-order valence-corrected chi connectivity index (χ3v) is 4.90. The van der Waals surface area contributed by atoms with Crippen LogP contribution in [0.1, 0.15) is 23.2 Å². The maximum atomic E-state index is 12.5. The van der Waals surface area contributed by atoms with Crippen LogP contribution in [0.15, 0.2) is 24.3 Å². The number of para-hydroxylation sites is 1. The fourth-order valence-electron chi connectivity index (χ4n) is 3.58. The van der Waals surface area contributed by atoms with Crippen LogP contribution in [0.25, 0.3) is 0 Å². The van der Waals surface area contributed by atoms with Gasteiger partial charge in [0, 0.05) is 13.0 Å². The highest BCUT2D eigenvalue weighted by Gasteiger charge is 2.47. The van der Waals surface area contributed by atoms with Crippen molar-refractivity contribution < 1.29 is 23.9 Å². The molecule has 130 valence electrons. The fraction of sp³-hybridized carbons (Fsp3) is 0.412. The Morgan fingerprint density at radius 1 is 1.24 bits per heavy atom. The lowest BCUT2D eigenvalue weighted by molar-refractivity contribution is -0.136. The van der Waals surface area contributed by atoms with E-state index < -0.39 is 17.5 Å². The van der Waals surface area contributed by atoms with Crippen molar-refractivity contribution in [3.8, 4) is 5.75 Å². The van der Waals surface area contributed by atoms with Crippen molar-refractivity contribution in [3.63, 3.8) is 0 Å². The van der Waals surface area contributed by atoms with E-state index in [-0.39, 0.29) is 37.7 Å². The summed E-state index contributed by atoms with van der Waals surface area (Å²) in [4.78, 5) is 50.5. The van der Waals surface area contributed by atoms with Crippen molar-refractivity contribution in [1.82, 2.24) is 15.1 Å². The number of urea groups is 1. The van der Waals surface area contributed by atoms with E-state index in [1.807, 2.05) is 0 Å². The van der Waals surface area contributed by atoms with E-state index in [4.69, 9.17) is 4.74 Å². The van der Waals surface area contributed by atoms with Gasteiger partial charge in [0.05, 0.1) is 25.1 Å². The minimum atomic E-state index is -0.724. The highest BCUT2D eigenvalue weighted by molar-refractivity contribution is 6.04. The lowest BCUT2D eigenvalue weighted by Crippen LogP contribution is -2.47. The first-order valence-corrected chi connectivity index (χ1v) is 8.15. The molecule has 1 aromatic carbocycles. The Kier molecular flexibility index (Phi) is 3.48. The second-order valence-electron chi connectivity index (χ2n) is 6.59. The quantitative estimate of drug-likeness (QED) is 0.773. The number of benzene rings is 1. The average molecular weight is 343 g/mol. The first kappa shape index (κ1) is 15.6. The molecule has 2 saturated heterocycles. The molecular formula is C17H17N3O5. The molecule has 4 rings (SSSR count). The van der Waals surface area contributed by atoms with Gasteiger partial charge in [-0.05, 0) is 12.1 Å². The molecule has 1 aromatic rings. The van der Waals surface area contributed by atoms with Gasteiger partial charge in [-0.2, -0.15) is 0 Å². The van der Waals surface area contributed by atoms with Crippen LogP contribution in [0.3, 0.4) is 0 Å². The number of imide groups is 1. The number of rotatable bonds is 2. The highest BCUT2D eigenvalue weighted by atomic mass is 16.5. The number of Topliss-reactive ketones (excluding diaryl/α,β-unsaturated/α-hetero) is 1. The number of hydrogen-bond acceptors (Lipinski definition) is 5. The first-order valence-electron chi connectivity index (χ1n) is 8.15. The van der Waals surface area contributed by atoms with Gasteiger partial charge in [0.25, 0.3) is 5.91 Å². The lowest BCUT2D eigenvalue weighted by Gasteiger charge is -2.34. The molecule has 1 atom stereocenters. The van der Waals surface area contributed by atoms with Gasteiger partial charge < -0.3 is 15.0 Å². The number of ether oxygens (including phenoxy) is 1. The molecule has 3 heterocycles. The number of likely N-dealkylation sites (tertiary alicyclic amines) is 1. The summed E-state index contributed by atoms with van der Waals surface area (Å²) in [6, 6.07) is 6.54. The van der Waals surface area contributed by atoms with Gasteiger partial charge in [-0.25, -0.2) is 4.79 Å². The molecular weight excluding hydrogens is 326 g/mol.